The summed E-state index contributed by atoms with van der Waals surface area (Å²) < 4.78 is 0. The van der Waals surface area contributed by atoms with Crippen LogP contribution in [0.2, 0.25) is 0 Å². The molecule has 1 aliphatic carbocycles. The van der Waals surface area contributed by atoms with Crippen LogP contribution in [0.25, 0.3) is 10.9 Å². The molecule has 0 unspecified atom stereocenters. The Kier molecular flexibility index (Phi) is 4.51. The van der Waals surface area contributed by atoms with Gasteiger partial charge in [-0.05, 0) is 25.0 Å². The molecule has 0 atom stereocenters. The lowest BCUT2D eigenvalue weighted by molar-refractivity contribution is 0.0948. The van der Waals surface area contributed by atoms with Crippen molar-refractivity contribution in [2.24, 2.45) is 0 Å². The van der Waals surface area contributed by atoms with E-state index in [0.717, 1.165) is 18.5 Å². The Morgan fingerprint density at radius 1 is 1.19 bits per heavy atom. The van der Waals surface area contributed by atoms with Gasteiger partial charge in [0, 0.05) is 5.92 Å². The highest BCUT2D eigenvalue weighted by Crippen LogP contribution is 2.33. The molecular weight excluding hydrogens is 330 g/mol. The summed E-state index contributed by atoms with van der Waals surface area (Å²) in [6.07, 6.45) is 7.38. The normalized spacial score (nSPS) is 15.2. The molecule has 3 N–H and O–H groups in total. The Bertz CT molecular complexity index is 985. The largest absolute Gasteiger partial charge is 0.345 e. The third kappa shape index (κ3) is 3.24. The van der Waals surface area contributed by atoms with Gasteiger partial charge in [-0.2, -0.15) is 5.10 Å². The first-order chi connectivity index (χ1) is 12.7. The van der Waals surface area contributed by atoms with Crippen LogP contribution in [0.4, 0.5) is 0 Å². The SMILES string of the molecule is O=C(NCc1nc2ccccc2c(=O)[nH]1)c1cn[nH]c1C1CCCCC1. The third-order valence-corrected chi connectivity index (χ3v) is 5.01. The van der Waals surface area contributed by atoms with E-state index < -0.39 is 0 Å². The van der Waals surface area contributed by atoms with Crippen molar-refractivity contribution in [1.29, 1.82) is 0 Å². The van der Waals surface area contributed by atoms with Crippen LogP contribution in [0.3, 0.4) is 0 Å². The smallest absolute Gasteiger partial charge is 0.258 e. The number of para-hydroxylation sites is 1. The molecule has 1 saturated carbocycles. The van der Waals surface area contributed by atoms with Gasteiger partial charge in [0.05, 0.1) is 34.9 Å². The molecule has 2 heterocycles. The highest BCUT2D eigenvalue weighted by Gasteiger charge is 2.23. The summed E-state index contributed by atoms with van der Waals surface area (Å²) in [5.41, 5.74) is 1.92. The van der Waals surface area contributed by atoms with Gasteiger partial charge in [-0.3, -0.25) is 14.7 Å². The second kappa shape index (κ2) is 7.11. The standard InChI is InChI=1S/C19H21N5O2/c25-18(14-10-21-24-17(14)12-6-2-1-3-7-12)20-11-16-22-15-9-5-4-8-13(15)19(26)23-16/h4-5,8-10,12H,1-3,6-7,11H2,(H,20,25)(H,21,24)(H,22,23,26). The number of aromatic nitrogens is 4. The molecule has 26 heavy (non-hydrogen) atoms. The Hall–Kier alpha value is -2.96. The summed E-state index contributed by atoms with van der Waals surface area (Å²) in [6.45, 7) is 0.161. The summed E-state index contributed by atoms with van der Waals surface area (Å²) in [5, 5.41) is 10.5. The second-order valence-corrected chi connectivity index (χ2v) is 6.74. The molecule has 0 aliphatic heterocycles. The van der Waals surface area contributed by atoms with Gasteiger partial charge in [0.15, 0.2) is 0 Å². The number of nitrogens with zero attached hydrogens (tertiary/aromatic N) is 2. The fraction of sp³-hybridized carbons (Fsp3) is 0.368. The van der Waals surface area contributed by atoms with E-state index in [-0.39, 0.29) is 18.0 Å². The number of fused-ring (bicyclic) bond motifs is 1. The van der Waals surface area contributed by atoms with Crippen LogP contribution >= 0.6 is 0 Å². The van der Waals surface area contributed by atoms with E-state index >= 15 is 0 Å². The van der Waals surface area contributed by atoms with Crippen molar-refractivity contribution < 1.29 is 4.79 Å². The van der Waals surface area contributed by atoms with Crippen molar-refractivity contribution >= 4 is 16.8 Å². The monoisotopic (exact) mass is 351 g/mol. The van der Waals surface area contributed by atoms with Gasteiger partial charge in [0.2, 0.25) is 0 Å². The minimum absolute atomic E-state index is 0.161. The Morgan fingerprint density at radius 2 is 2.00 bits per heavy atom. The predicted molar refractivity (Wildman–Crippen MR) is 97.9 cm³/mol. The van der Waals surface area contributed by atoms with E-state index in [9.17, 15) is 9.59 Å². The van der Waals surface area contributed by atoms with Gasteiger partial charge in [0.25, 0.3) is 11.5 Å². The average Bonchev–Trinajstić information content (AvgIpc) is 3.17. The number of carbonyl (C=O) groups excluding carboxylic acids is 1. The number of nitrogens with one attached hydrogen (secondary N) is 3. The number of H-pyrrole nitrogens is 2. The summed E-state index contributed by atoms with van der Waals surface area (Å²) in [6, 6.07) is 7.14. The molecule has 4 rings (SSSR count). The zero-order chi connectivity index (χ0) is 17.9. The first-order valence-electron chi connectivity index (χ1n) is 9.02. The Labute approximate surface area is 150 Å². The van der Waals surface area contributed by atoms with Gasteiger partial charge >= 0.3 is 0 Å². The van der Waals surface area contributed by atoms with Crippen LogP contribution < -0.4 is 10.9 Å². The van der Waals surface area contributed by atoms with E-state index in [1.165, 1.54) is 19.3 Å². The predicted octanol–water partition coefficient (Wildman–Crippen LogP) is 2.62. The highest BCUT2D eigenvalue weighted by atomic mass is 16.1. The Balaban J connectivity index is 1.49. The number of aromatic amines is 2. The first-order valence-corrected chi connectivity index (χ1v) is 9.02. The molecule has 134 valence electrons. The van der Waals surface area contributed by atoms with Crippen molar-refractivity contribution in [1.82, 2.24) is 25.5 Å². The molecule has 3 aromatic rings. The van der Waals surface area contributed by atoms with Gasteiger partial charge < -0.3 is 10.3 Å². The molecule has 2 aromatic heterocycles. The van der Waals surface area contributed by atoms with Gasteiger partial charge in [-0.25, -0.2) is 4.98 Å². The maximum Gasteiger partial charge on any atom is 0.258 e. The minimum atomic E-state index is -0.203. The van der Waals surface area contributed by atoms with Gasteiger partial charge in [-0.15, -0.1) is 0 Å². The van der Waals surface area contributed by atoms with Crippen LogP contribution in [-0.2, 0) is 6.54 Å². The molecular formula is C19H21N5O2. The van der Waals surface area contributed by atoms with E-state index in [2.05, 4.69) is 25.5 Å². The lowest BCUT2D eigenvalue weighted by atomic mass is 9.85. The quantitative estimate of drug-likeness (QED) is 0.672. The van der Waals surface area contributed by atoms with Crippen molar-refractivity contribution in [3.05, 3.63) is 57.9 Å². The number of carbonyl (C=O) groups is 1. The van der Waals surface area contributed by atoms with E-state index in [0.29, 0.717) is 28.2 Å². The maximum absolute atomic E-state index is 12.6. The molecule has 7 heteroatoms. The topological polar surface area (TPSA) is 104 Å². The summed E-state index contributed by atoms with van der Waals surface area (Å²) >= 11 is 0. The van der Waals surface area contributed by atoms with Crippen LogP contribution in [-0.4, -0.2) is 26.1 Å². The summed E-state index contributed by atoms with van der Waals surface area (Å²) in [4.78, 5) is 31.8. The molecule has 0 radical (unpaired) electrons. The van der Waals surface area contributed by atoms with Crippen molar-refractivity contribution in [2.45, 2.75) is 44.6 Å². The zero-order valence-corrected chi connectivity index (χ0v) is 14.4. The average molecular weight is 351 g/mol. The maximum atomic E-state index is 12.6. The summed E-state index contributed by atoms with van der Waals surface area (Å²) in [7, 11) is 0. The number of hydrogen-bond donors (Lipinski definition) is 3. The highest BCUT2D eigenvalue weighted by molar-refractivity contribution is 5.95. The third-order valence-electron chi connectivity index (χ3n) is 5.01. The molecule has 0 bridgehead atoms. The fourth-order valence-corrected chi connectivity index (χ4v) is 3.66. The Morgan fingerprint density at radius 3 is 2.85 bits per heavy atom. The number of rotatable bonds is 4. The van der Waals surface area contributed by atoms with Gasteiger partial charge in [0.1, 0.15) is 5.82 Å². The van der Waals surface area contributed by atoms with Crippen molar-refractivity contribution in [3.63, 3.8) is 0 Å². The second-order valence-electron chi connectivity index (χ2n) is 6.74. The molecule has 1 aromatic carbocycles. The lowest BCUT2D eigenvalue weighted by Gasteiger charge is -2.21. The molecule has 0 spiro atoms. The van der Waals surface area contributed by atoms with Crippen LogP contribution in [0, 0.1) is 0 Å². The van der Waals surface area contributed by atoms with E-state index in [1.807, 2.05) is 6.07 Å². The molecule has 7 nitrogen and oxygen atoms in total. The molecule has 1 aliphatic rings. The molecule has 1 fully saturated rings. The van der Waals surface area contributed by atoms with Crippen molar-refractivity contribution in [3.8, 4) is 0 Å². The molecule has 0 saturated heterocycles. The van der Waals surface area contributed by atoms with Crippen LogP contribution in [0.1, 0.15) is 59.9 Å². The first kappa shape index (κ1) is 16.5. The number of hydrogen-bond acceptors (Lipinski definition) is 4. The number of benzene rings is 1. The molecule has 1 amide bonds. The van der Waals surface area contributed by atoms with Crippen LogP contribution in [0.5, 0.6) is 0 Å². The lowest BCUT2D eigenvalue weighted by Crippen LogP contribution is -2.26. The number of amides is 1. The van der Waals surface area contributed by atoms with Crippen LogP contribution in [0.15, 0.2) is 35.3 Å². The van der Waals surface area contributed by atoms with E-state index in [4.69, 9.17) is 0 Å². The van der Waals surface area contributed by atoms with E-state index in [1.54, 1.807) is 24.4 Å². The van der Waals surface area contributed by atoms with Gasteiger partial charge in [-0.1, -0.05) is 31.4 Å². The minimum Gasteiger partial charge on any atom is -0.345 e. The zero-order valence-electron chi connectivity index (χ0n) is 14.4. The fourth-order valence-electron chi connectivity index (χ4n) is 3.66. The van der Waals surface area contributed by atoms with Crippen molar-refractivity contribution in [2.75, 3.05) is 0 Å². The summed E-state index contributed by atoms with van der Waals surface area (Å²) in [5.74, 6) is 0.602.